The molecule has 1 fully saturated rings. The Morgan fingerprint density at radius 1 is 0.920 bits per heavy atom. The van der Waals surface area contributed by atoms with E-state index in [1.165, 1.54) is 0 Å². The molecule has 11 heteroatoms. The van der Waals surface area contributed by atoms with Crippen LogP contribution < -0.4 is 15.4 Å². The summed E-state index contributed by atoms with van der Waals surface area (Å²) >= 11 is 0. The summed E-state index contributed by atoms with van der Waals surface area (Å²) in [5.74, 6) is -0.557. The molecule has 3 unspecified atom stereocenters. The Balaban J connectivity index is 1.29. The lowest BCUT2D eigenvalue weighted by atomic mass is 9.88. The molecule has 0 saturated carbocycles. The molecule has 2 amide bonds. The van der Waals surface area contributed by atoms with Gasteiger partial charge < -0.3 is 39.8 Å². The Morgan fingerprint density at radius 3 is 2.40 bits per heavy atom. The van der Waals surface area contributed by atoms with Crippen molar-refractivity contribution in [1.82, 2.24) is 15.5 Å². The number of aliphatic hydroxyl groups is 2. The summed E-state index contributed by atoms with van der Waals surface area (Å²) < 4.78 is 21.8. The second-order valence-corrected chi connectivity index (χ2v) is 13.0. The van der Waals surface area contributed by atoms with Crippen molar-refractivity contribution in [2.24, 2.45) is 5.92 Å². The number of nitrogens with one attached hydrogen (secondary N) is 2. The first-order chi connectivity index (χ1) is 24.4. The molecule has 5 atom stereocenters. The van der Waals surface area contributed by atoms with Crippen LogP contribution in [0.5, 0.6) is 5.75 Å². The highest BCUT2D eigenvalue weighted by Crippen LogP contribution is 2.32. The smallest absolute Gasteiger partial charge is 0.246 e. The van der Waals surface area contributed by atoms with Gasteiger partial charge in [-0.3, -0.25) is 14.5 Å². The van der Waals surface area contributed by atoms with Crippen LogP contribution in [-0.4, -0.2) is 112 Å². The lowest BCUT2D eigenvalue weighted by Crippen LogP contribution is -2.48. The van der Waals surface area contributed by atoms with Crippen LogP contribution in [0, 0.1) is 5.92 Å². The molecule has 0 bridgehead atoms. The van der Waals surface area contributed by atoms with Gasteiger partial charge >= 0.3 is 0 Å². The number of rotatable bonds is 19. The van der Waals surface area contributed by atoms with Crippen LogP contribution in [0.4, 0.5) is 0 Å². The Kier molecular flexibility index (Phi) is 14.6. The molecule has 50 heavy (non-hydrogen) atoms. The van der Waals surface area contributed by atoms with Gasteiger partial charge in [-0.05, 0) is 53.6 Å². The van der Waals surface area contributed by atoms with Crippen molar-refractivity contribution in [2.75, 3.05) is 66.4 Å². The molecular weight excluding hydrogens is 638 g/mol. The van der Waals surface area contributed by atoms with Gasteiger partial charge in [-0.15, -0.1) is 0 Å². The lowest BCUT2D eigenvalue weighted by molar-refractivity contribution is -0.128. The molecular formula is C39H51N3O8. The maximum atomic E-state index is 14.1. The predicted octanol–water partition coefficient (Wildman–Crippen LogP) is 2.47. The molecule has 3 aromatic carbocycles. The van der Waals surface area contributed by atoms with E-state index in [2.05, 4.69) is 15.5 Å². The number of carbonyl (C=O) groups excluding carboxylic acids is 2. The number of aliphatic hydroxyl groups excluding tert-OH is 2. The Hall–Kier alpha value is -3.84. The van der Waals surface area contributed by atoms with Gasteiger partial charge in [0.2, 0.25) is 11.8 Å². The summed E-state index contributed by atoms with van der Waals surface area (Å²) in [6.07, 6.45) is -0.564. The molecule has 0 spiro atoms. The molecule has 11 nitrogen and oxygen atoms in total. The molecule has 1 aliphatic heterocycles. The topological polar surface area (TPSA) is 139 Å². The third-order valence-corrected chi connectivity index (χ3v) is 9.36. The molecule has 0 radical (unpaired) electrons. The number of fused-ring (bicyclic) bond motifs is 1. The molecule has 270 valence electrons. The highest BCUT2D eigenvalue weighted by molar-refractivity contribution is 5.80. The molecule has 1 aliphatic carbocycles. The first-order valence-electron chi connectivity index (χ1n) is 17.6. The van der Waals surface area contributed by atoms with Crippen molar-refractivity contribution in [3.05, 3.63) is 101 Å². The third kappa shape index (κ3) is 11.3. The largest absolute Gasteiger partial charge is 0.492 e. The summed E-state index contributed by atoms with van der Waals surface area (Å²) in [7, 11) is 1.56. The molecule has 1 heterocycles. The number of morpholine rings is 1. The SMILES string of the molecule is COCCOCC(=O)NC(Cc1ccccc1)C(O)CC(Cc1ccc(OCCN2CCOCC2)cc1)C(=O)N[C@H]1c2ccccc2C[C@@H]1O. The molecule has 2 aliphatic rings. The number of nitrogens with zero attached hydrogens (tertiary/aromatic N) is 1. The number of ether oxygens (including phenoxy) is 4. The van der Waals surface area contributed by atoms with Crippen molar-refractivity contribution in [2.45, 2.75) is 50.0 Å². The van der Waals surface area contributed by atoms with E-state index in [9.17, 15) is 19.8 Å². The highest BCUT2D eigenvalue weighted by Gasteiger charge is 2.35. The van der Waals surface area contributed by atoms with E-state index in [0.29, 0.717) is 32.5 Å². The maximum Gasteiger partial charge on any atom is 0.246 e. The summed E-state index contributed by atoms with van der Waals surface area (Å²) in [5, 5.41) is 28.6. The van der Waals surface area contributed by atoms with Gasteiger partial charge in [0, 0.05) is 39.1 Å². The first-order valence-corrected chi connectivity index (χ1v) is 17.6. The second kappa shape index (κ2) is 19.5. The molecule has 3 aromatic rings. The lowest BCUT2D eigenvalue weighted by Gasteiger charge is -2.29. The van der Waals surface area contributed by atoms with E-state index >= 15 is 0 Å². The van der Waals surface area contributed by atoms with Crippen LogP contribution in [0.15, 0.2) is 78.9 Å². The number of methoxy groups -OCH3 is 1. The summed E-state index contributed by atoms with van der Waals surface area (Å²) in [6.45, 7) is 5.13. The standard InChI is InChI=1S/C39H51N3O8/c1-47-21-22-49-27-37(45)40-34(24-28-7-3-2-4-8-28)35(43)26-31(39(46)41-38-33-10-6-5-9-30(33)25-36(38)44)23-29-11-13-32(14-12-29)50-20-17-42-15-18-48-19-16-42/h2-14,31,34-36,38,43-44H,15-27H2,1H3,(H,40,45)(H,41,46)/t31?,34?,35?,36-,38-/m0/s1. The molecule has 1 saturated heterocycles. The van der Waals surface area contributed by atoms with Gasteiger partial charge in [0.05, 0.1) is 50.7 Å². The predicted molar refractivity (Wildman–Crippen MR) is 189 cm³/mol. The second-order valence-electron chi connectivity index (χ2n) is 13.0. The van der Waals surface area contributed by atoms with E-state index in [1.54, 1.807) is 7.11 Å². The Bertz CT molecular complexity index is 1470. The van der Waals surface area contributed by atoms with Crippen LogP contribution in [-0.2, 0) is 43.1 Å². The molecule has 5 rings (SSSR count). The Labute approximate surface area is 294 Å². The zero-order valence-corrected chi connectivity index (χ0v) is 28.9. The zero-order valence-electron chi connectivity index (χ0n) is 28.9. The van der Waals surface area contributed by atoms with Gasteiger partial charge in [-0.2, -0.15) is 0 Å². The zero-order chi connectivity index (χ0) is 35.1. The van der Waals surface area contributed by atoms with Crippen LogP contribution >= 0.6 is 0 Å². The van der Waals surface area contributed by atoms with E-state index in [4.69, 9.17) is 18.9 Å². The van der Waals surface area contributed by atoms with Crippen molar-refractivity contribution in [1.29, 1.82) is 0 Å². The summed E-state index contributed by atoms with van der Waals surface area (Å²) in [6, 6.07) is 23.8. The summed E-state index contributed by atoms with van der Waals surface area (Å²) in [4.78, 5) is 29.3. The van der Waals surface area contributed by atoms with Crippen LogP contribution in [0.3, 0.4) is 0 Å². The fourth-order valence-corrected chi connectivity index (χ4v) is 6.59. The van der Waals surface area contributed by atoms with Crippen molar-refractivity contribution >= 4 is 11.8 Å². The van der Waals surface area contributed by atoms with Crippen LogP contribution in [0.25, 0.3) is 0 Å². The first kappa shape index (κ1) is 37.4. The minimum Gasteiger partial charge on any atom is -0.492 e. The van der Waals surface area contributed by atoms with Crippen molar-refractivity contribution < 1.29 is 38.7 Å². The normalized spacial score (nSPS) is 19.3. The number of hydrogen-bond donors (Lipinski definition) is 4. The minimum atomic E-state index is -1.06. The Morgan fingerprint density at radius 2 is 1.64 bits per heavy atom. The average molecular weight is 690 g/mol. The van der Waals surface area contributed by atoms with Crippen molar-refractivity contribution in [3.63, 3.8) is 0 Å². The van der Waals surface area contributed by atoms with Crippen LogP contribution in [0.1, 0.15) is 34.7 Å². The molecule has 4 N–H and O–H groups in total. The fraction of sp³-hybridized carbons (Fsp3) is 0.487. The van der Waals surface area contributed by atoms with E-state index in [-0.39, 0.29) is 31.4 Å². The molecule has 0 aromatic heterocycles. The summed E-state index contributed by atoms with van der Waals surface area (Å²) in [5.41, 5.74) is 3.74. The van der Waals surface area contributed by atoms with E-state index in [0.717, 1.165) is 60.9 Å². The average Bonchev–Trinajstić information content (AvgIpc) is 3.45. The maximum absolute atomic E-state index is 14.1. The quantitative estimate of drug-likeness (QED) is 0.140. The van der Waals surface area contributed by atoms with Crippen LogP contribution in [0.2, 0.25) is 0 Å². The van der Waals surface area contributed by atoms with Gasteiger partial charge in [-0.1, -0.05) is 66.7 Å². The fourth-order valence-electron chi connectivity index (χ4n) is 6.59. The van der Waals surface area contributed by atoms with E-state index < -0.39 is 30.2 Å². The van der Waals surface area contributed by atoms with Crippen molar-refractivity contribution in [3.8, 4) is 5.75 Å². The number of amides is 2. The number of benzene rings is 3. The monoisotopic (exact) mass is 689 g/mol. The number of carbonyl (C=O) groups is 2. The van der Waals surface area contributed by atoms with Gasteiger partial charge in [0.15, 0.2) is 0 Å². The highest BCUT2D eigenvalue weighted by atomic mass is 16.5. The third-order valence-electron chi connectivity index (χ3n) is 9.36. The minimum absolute atomic E-state index is 0.0798. The van der Waals surface area contributed by atoms with Gasteiger partial charge in [-0.25, -0.2) is 0 Å². The van der Waals surface area contributed by atoms with Gasteiger partial charge in [0.25, 0.3) is 0 Å². The van der Waals surface area contributed by atoms with E-state index in [1.807, 2.05) is 78.9 Å². The number of hydrogen-bond acceptors (Lipinski definition) is 9. The van der Waals surface area contributed by atoms with Gasteiger partial charge in [0.1, 0.15) is 19.0 Å².